The van der Waals surface area contributed by atoms with Crippen LogP contribution in [-0.2, 0) is 13.6 Å². The van der Waals surface area contributed by atoms with Crippen molar-refractivity contribution >= 4 is 0 Å². The molecule has 134 valence electrons. The Hall–Kier alpha value is -2.47. The monoisotopic (exact) mass is 348 g/mol. The van der Waals surface area contributed by atoms with Gasteiger partial charge in [0.15, 0.2) is 0 Å². The molecule has 1 saturated carbocycles. The molecule has 1 unspecified atom stereocenters. The fraction of sp³-hybridized carbons (Fsp3) is 0.450. The van der Waals surface area contributed by atoms with Crippen LogP contribution in [0.3, 0.4) is 0 Å². The molecule has 1 saturated heterocycles. The lowest BCUT2D eigenvalue weighted by molar-refractivity contribution is 0.320. The number of aromatic nitrogens is 5. The number of rotatable bonds is 5. The Balaban J connectivity index is 1.37. The molecule has 1 aliphatic heterocycles. The second-order valence-corrected chi connectivity index (χ2v) is 7.56. The van der Waals surface area contributed by atoms with E-state index < -0.39 is 0 Å². The van der Waals surface area contributed by atoms with Gasteiger partial charge in [-0.05, 0) is 37.9 Å². The van der Waals surface area contributed by atoms with Crippen LogP contribution in [0, 0.1) is 0 Å². The van der Waals surface area contributed by atoms with E-state index in [0.29, 0.717) is 11.8 Å². The summed E-state index contributed by atoms with van der Waals surface area (Å²) in [5.74, 6) is 2.33. The minimum absolute atomic E-state index is 0.517. The molecule has 3 heterocycles. The van der Waals surface area contributed by atoms with Crippen molar-refractivity contribution in [3.63, 3.8) is 0 Å². The fourth-order valence-corrected chi connectivity index (χ4v) is 4.13. The van der Waals surface area contributed by atoms with Crippen LogP contribution in [0.4, 0.5) is 0 Å². The van der Waals surface area contributed by atoms with E-state index in [0.717, 1.165) is 37.4 Å². The predicted octanol–water partition coefficient (Wildman–Crippen LogP) is 2.87. The summed E-state index contributed by atoms with van der Waals surface area (Å²) in [6.07, 6.45) is 7.60. The van der Waals surface area contributed by atoms with E-state index >= 15 is 0 Å². The number of benzene rings is 1. The molecular weight excluding hydrogens is 324 g/mol. The number of hydrogen-bond donors (Lipinski definition) is 0. The SMILES string of the molecule is Cn1ccnc1C1CCN(Cc2nnn(-c3ccccc3)c2C2CC2)C1. The second kappa shape index (κ2) is 6.36. The van der Waals surface area contributed by atoms with Gasteiger partial charge in [0.05, 0.1) is 11.4 Å². The Kier molecular flexibility index (Phi) is 3.85. The lowest BCUT2D eigenvalue weighted by Gasteiger charge is -2.16. The smallest absolute Gasteiger partial charge is 0.112 e. The maximum absolute atomic E-state index is 4.57. The third-order valence-corrected chi connectivity index (χ3v) is 5.61. The van der Waals surface area contributed by atoms with Gasteiger partial charge in [-0.25, -0.2) is 9.67 Å². The molecular formula is C20H24N6. The Morgan fingerprint density at radius 2 is 1.92 bits per heavy atom. The Morgan fingerprint density at radius 3 is 2.65 bits per heavy atom. The van der Waals surface area contributed by atoms with Crippen LogP contribution in [0.15, 0.2) is 42.7 Å². The van der Waals surface area contributed by atoms with E-state index in [-0.39, 0.29) is 0 Å². The molecule has 6 heteroatoms. The number of likely N-dealkylation sites (tertiary alicyclic amines) is 1. The van der Waals surface area contributed by atoms with Crippen molar-refractivity contribution in [2.75, 3.05) is 13.1 Å². The molecule has 6 nitrogen and oxygen atoms in total. The molecule has 0 spiro atoms. The van der Waals surface area contributed by atoms with Crippen molar-refractivity contribution in [1.29, 1.82) is 0 Å². The average molecular weight is 348 g/mol. The molecule has 0 N–H and O–H groups in total. The first-order valence-corrected chi connectivity index (χ1v) is 9.49. The zero-order chi connectivity index (χ0) is 17.5. The van der Waals surface area contributed by atoms with Crippen LogP contribution in [0.1, 0.15) is 48.3 Å². The molecule has 1 aromatic carbocycles. The van der Waals surface area contributed by atoms with Crippen molar-refractivity contribution in [3.05, 3.63) is 59.9 Å². The molecule has 0 bridgehead atoms. The molecule has 0 amide bonds. The predicted molar refractivity (Wildman–Crippen MR) is 99.2 cm³/mol. The maximum Gasteiger partial charge on any atom is 0.112 e. The van der Waals surface area contributed by atoms with Gasteiger partial charge in [-0.1, -0.05) is 23.4 Å². The first-order valence-electron chi connectivity index (χ1n) is 9.49. The highest BCUT2D eigenvalue weighted by Gasteiger charge is 2.34. The van der Waals surface area contributed by atoms with Gasteiger partial charge in [0.25, 0.3) is 0 Å². The molecule has 3 aromatic rings. The van der Waals surface area contributed by atoms with Crippen LogP contribution < -0.4 is 0 Å². The third-order valence-electron chi connectivity index (χ3n) is 5.61. The average Bonchev–Trinajstić information content (AvgIpc) is 3.05. The molecule has 2 fully saturated rings. The molecule has 1 aliphatic carbocycles. The largest absolute Gasteiger partial charge is 0.338 e. The third kappa shape index (κ3) is 2.84. The summed E-state index contributed by atoms with van der Waals surface area (Å²) < 4.78 is 4.20. The maximum atomic E-state index is 4.57. The Bertz CT molecular complexity index is 892. The summed E-state index contributed by atoms with van der Waals surface area (Å²) in [6.45, 7) is 3.03. The Labute approximate surface area is 153 Å². The van der Waals surface area contributed by atoms with Gasteiger partial charge in [-0.2, -0.15) is 0 Å². The first kappa shape index (κ1) is 15.8. The number of para-hydroxylation sites is 1. The van der Waals surface area contributed by atoms with Crippen LogP contribution in [0.2, 0.25) is 0 Å². The lowest BCUT2D eigenvalue weighted by Crippen LogP contribution is -2.21. The van der Waals surface area contributed by atoms with Crippen LogP contribution in [-0.4, -0.2) is 42.5 Å². The molecule has 26 heavy (non-hydrogen) atoms. The Morgan fingerprint density at radius 1 is 1.08 bits per heavy atom. The minimum Gasteiger partial charge on any atom is -0.338 e. The van der Waals surface area contributed by atoms with Gasteiger partial charge in [0.2, 0.25) is 0 Å². The first-order chi connectivity index (χ1) is 12.8. The van der Waals surface area contributed by atoms with Crippen molar-refractivity contribution in [2.24, 2.45) is 7.05 Å². The summed E-state index contributed by atoms with van der Waals surface area (Å²) in [4.78, 5) is 7.05. The number of aryl methyl sites for hydroxylation is 1. The minimum atomic E-state index is 0.517. The fourth-order valence-electron chi connectivity index (χ4n) is 4.13. The summed E-state index contributed by atoms with van der Waals surface area (Å²) in [6, 6.07) is 10.4. The normalized spacial score (nSPS) is 20.7. The summed E-state index contributed by atoms with van der Waals surface area (Å²) in [5.41, 5.74) is 3.58. The highest BCUT2D eigenvalue weighted by molar-refractivity contribution is 5.35. The highest BCUT2D eigenvalue weighted by Crippen LogP contribution is 2.42. The van der Waals surface area contributed by atoms with Crippen LogP contribution >= 0.6 is 0 Å². The zero-order valence-corrected chi connectivity index (χ0v) is 15.1. The summed E-state index contributed by atoms with van der Waals surface area (Å²) in [7, 11) is 2.08. The van der Waals surface area contributed by atoms with E-state index in [1.165, 1.54) is 24.4 Å². The topological polar surface area (TPSA) is 51.8 Å². The molecule has 5 rings (SSSR count). The quantitative estimate of drug-likeness (QED) is 0.711. The lowest BCUT2D eigenvalue weighted by atomic mass is 10.1. The van der Waals surface area contributed by atoms with Gasteiger partial charge < -0.3 is 4.57 Å². The van der Waals surface area contributed by atoms with Gasteiger partial charge in [0.1, 0.15) is 11.5 Å². The number of imidazole rings is 1. The second-order valence-electron chi connectivity index (χ2n) is 7.56. The van der Waals surface area contributed by atoms with E-state index in [1.54, 1.807) is 0 Å². The van der Waals surface area contributed by atoms with E-state index in [2.05, 4.69) is 60.8 Å². The van der Waals surface area contributed by atoms with Gasteiger partial charge in [-0.15, -0.1) is 5.10 Å². The van der Waals surface area contributed by atoms with Crippen molar-refractivity contribution in [3.8, 4) is 5.69 Å². The van der Waals surface area contributed by atoms with Crippen molar-refractivity contribution in [2.45, 2.75) is 37.6 Å². The number of hydrogen-bond acceptors (Lipinski definition) is 4. The van der Waals surface area contributed by atoms with E-state index in [4.69, 9.17) is 0 Å². The summed E-state index contributed by atoms with van der Waals surface area (Å²) >= 11 is 0. The van der Waals surface area contributed by atoms with Crippen LogP contribution in [0.5, 0.6) is 0 Å². The zero-order valence-electron chi connectivity index (χ0n) is 15.1. The van der Waals surface area contributed by atoms with Gasteiger partial charge >= 0.3 is 0 Å². The number of nitrogens with zero attached hydrogens (tertiary/aromatic N) is 6. The molecule has 1 atom stereocenters. The van der Waals surface area contributed by atoms with Gasteiger partial charge in [0, 0.05) is 44.4 Å². The van der Waals surface area contributed by atoms with E-state index in [9.17, 15) is 0 Å². The highest BCUT2D eigenvalue weighted by atomic mass is 15.4. The summed E-state index contributed by atoms with van der Waals surface area (Å²) in [5, 5.41) is 9.07. The van der Waals surface area contributed by atoms with Gasteiger partial charge in [-0.3, -0.25) is 4.90 Å². The standard InChI is InChI=1S/C20H24N6/c1-24-12-10-21-20(24)16-9-11-25(13-16)14-18-19(15-7-8-15)26(23-22-18)17-5-3-2-4-6-17/h2-6,10,12,15-16H,7-9,11,13-14H2,1H3. The molecule has 0 radical (unpaired) electrons. The molecule has 2 aliphatic rings. The molecule has 2 aromatic heterocycles. The van der Waals surface area contributed by atoms with E-state index in [1.807, 2.05) is 18.5 Å². The van der Waals surface area contributed by atoms with Crippen molar-refractivity contribution < 1.29 is 0 Å². The van der Waals surface area contributed by atoms with Crippen LogP contribution in [0.25, 0.3) is 5.69 Å². The van der Waals surface area contributed by atoms with Crippen molar-refractivity contribution in [1.82, 2.24) is 29.4 Å².